The Hall–Kier alpha value is -4.18. The SMILES string of the molecule is O=C(CC1C(=O)N(c2ccc(F)cc2)C(=S)N1NC(=O)c1ccccc1)Nc1ccccc1F. The maximum Gasteiger partial charge on any atom is 0.269 e. The summed E-state index contributed by atoms with van der Waals surface area (Å²) >= 11 is 5.43. The highest BCUT2D eigenvalue weighted by atomic mass is 32.1. The van der Waals surface area contributed by atoms with Gasteiger partial charge in [-0.05, 0) is 60.7 Å². The topological polar surface area (TPSA) is 81.8 Å². The molecule has 0 bridgehead atoms. The van der Waals surface area contributed by atoms with Crippen molar-refractivity contribution in [2.24, 2.45) is 0 Å². The van der Waals surface area contributed by atoms with Gasteiger partial charge in [0.25, 0.3) is 11.8 Å². The predicted octanol–water partition coefficient (Wildman–Crippen LogP) is 3.64. The van der Waals surface area contributed by atoms with Crippen molar-refractivity contribution in [1.82, 2.24) is 10.4 Å². The van der Waals surface area contributed by atoms with Crippen LogP contribution >= 0.6 is 12.2 Å². The number of hydrazine groups is 1. The van der Waals surface area contributed by atoms with Crippen LogP contribution in [0.1, 0.15) is 16.8 Å². The van der Waals surface area contributed by atoms with Gasteiger partial charge in [0.2, 0.25) is 11.0 Å². The van der Waals surface area contributed by atoms with Crippen LogP contribution in [0.2, 0.25) is 0 Å². The molecule has 7 nitrogen and oxygen atoms in total. The molecule has 3 amide bonds. The summed E-state index contributed by atoms with van der Waals surface area (Å²) in [5.74, 6) is -2.95. The van der Waals surface area contributed by atoms with Gasteiger partial charge in [0, 0.05) is 5.56 Å². The summed E-state index contributed by atoms with van der Waals surface area (Å²) in [5, 5.41) is 3.45. The molecule has 2 N–H and O–H groups in total. The number of para-hydroxylation sites is 1. The van der Waals surface area contributed by atoms with Crippen molar-refractivity contribution >= 4 is 46.4 Å². The Kier molecular flexibility index (Phi) is 6.60. The van der Waals surface area contributed by atoms with Gasteiger partial charge in [-0.15, -0.1) is 0 Å². The number of halogens is 2. The first-order chi connectivity index (χ1) is 16.3. The van der Waals surface area contributed by atoms with Gasteiger partial charge >= 0.3 is 0 Å². The highest BCUT2D eigenvalue weighted by Crippen LogP contribution is 2.27. The summed E-state index contributed by atoms with van der Waals surface area (Å²) in [7, 11) is 0. The van der Waals surface area contributed by atoms with Crippen LogP contribution in [-0.4, -0.2) is 33.9 Å². The molecular formula is C24H18F2N4O3S. The van der Waals surface area contributed by atoms with Crippen LogP contribution in [0.5, 0.6) is 0 Å². The fourth-order valence-electron chi connectivity index (χ4n) is 3.43. The summed E-state index contributed by atoms with van der Waals surface area (Å²) in [6.07, 6.45) is -0.430. The maximum absolute atomic E-state index is 13.9. The molecule has 1 heterocycles. The third-order valence-electron chi connectivity index (χ3n) is 5.08. The molecule has 3 aromatic carbocycles. The van der Waals surface area contributed by atoms with Crippen molar-refractivity contribution in [3.05, 3.63) is 96.1 Å². The third-order valence-corrected chi connectivity index (χ3v) is 5.46. The zero-order valence-corrected chi connectivity index (χ0v) is 18.4. The van der Waals surface area contributed by atoms with E-state index in [1.807, 2.05) is 0 Å². The van der Waals surface area contributed by atoms with Gasteiger partial charge in [-0.3, -0.25) is 24.7 Å². The largest absolute Gasteiger partial charge is 0.324 e. The lowest BCUT2D eigenvalue weighted by Gasteiger charge is -2.24. The zero-order valence-electron chi connectivity index (χ0n) is 17.6. The Morgan fingerprint density at radius 1 is 0.912 bits per heavy atom. The van der Waals surface area contributed by atoms with Gasteiger partial charge < -0.3 is 5.32 Å². The first-order valence-electron chi connectivity index (χ1n) is 10.2. The number of thiocarbonyl (C=S) groups is 1. The Balaban J connectivity index is 1.61. The molecular weight excluding hydrogens is 462 g/mol. The molecule has 34 heavy (non-hydrogen) atoms. The maximum atomic E-state index is 13.9. The van der Waals surface area contributed by atoms with Crippen LogP contribution in [0, 0.1) is 11.6 Å². The van der Waals surface area contributed by atoms with Crippen molar-refractivity contribution in [3.63, 3.8) is 0 Å². The monoisotopic (exact) mass is 480 g/mol. The number of amides is 3. The van der Waals surface area contributed by atoms with Crippen LogP contribution < -0.4 is 15.6 Å². The number of hydrogen-bond donors (Lipinski definition) is 2. The number of benzene rings is 3. The lowest BCUT2D eigenvalue weighted by atomic mass is 10.1. The van der Waals surface area contributed by atoms with Crippen LogP contribution in [0.15, 0.2) is 78.9 Å². The zero-order chi connectivity index (χ0) is 24.2. The second kappa shape index (κ2) is 9.75. The van der Waals surface area contributed by atoms with Gasteiger partial charge in [0.15, 0.2) is 0 Å². The van der Waals surface area contributed by atoms with Crippen molar-refractivity contribution in [2.45, 2.75) is 12.5 Å². The number of anilines is 2. The molecule has 0 aromatic heterocycles. The Morgan fingerprint density at radius 2 is 1.56 bits per heavy atom. The lowest BCUT2D eigenvalue weighted by molar-refractivity contribution is -0.124. The standard InChI is InChI=1S/C24H18F2N4O3S/c25-16-10-12-17(13-11-16)29-23(33)20(14-21(31)27-19-9-5-4-8-18(19)26)30(24(29)34)28-22(32)15-6-2-1-3-7-15/h1-13,20H,14H2,(H,27,31)(H,28,32). The third kappa shape index (κ3) is 4.76. The molecule has 0 spiro atoms. The molecule has 3 aromatic rings. The Morgan fingerprint density at radius 3 is 2.24 bits per heavy atom. The van der Waals surface area contributed by atoms with Crippen LogP contribution in [0.4, 0.5) is 20.2 Å². The van der Waals surface area contributed by atoms with E-state index in [1.165, 1.54) is 30.3 Å². The average molecular weight is 480 g/mol. The average Bonchev–Trinajstić information content (AvgIpc) is 3.05. The normalized spacial score (nSPS) is 15.4. The van der Waals surface area contributed by atoms with Gasteiger partial charge in [-0.1, -0.05) is 30.3 Å². The Bertz CT molecular complexity index is 1250. The number of carbonyl (C=O) groups is 3. The van der Waals surface area contributed by atoms with Crippen LogP contribution in [0.3, 0.4) is 0 Å². The minimum Gasteiger partial charge on any atom is -0.324 e. The molecule has 1 aliphatic heterocycles. The molecule has 4 rings (SSSR count). The van der Waals surface area contributed by atoms with Crippen molar-refractivity contribution in [3.8, 4) is 0 Å². The number of hydrogen-bond acceptors (Lipinski definition) is 4. The van der Waals surface area contributed by atoms with Gasteiger partial charge in [-0.25, -0.2) is 13.8 Å². The predicted molar refractivity (Wildman–Crippen MR) is 126 cm³/mol. The van der Waals surface area contributed by atoms with Gasteiger partial charge in [0.05, 0.1) is 17.8 Å². The minimum absolute atomic E-state index is 0.0456. The molecule has 1 aliphatic rings. The van der Waals surface area contributed by atoms with Crippen molar-refractivity contribution in [1.29, 1.82) is 0 Å². The summed E-state index contributed by atoms with van der Waals surface area (Å²) in [4.78, 5) is 39.8. The molecule has 1 fully saturated rings. The number of carbonyl (C=O) groups excluding carboxylic acids is 3. The van der Waals surface area contributed by atoms with Crippen LogP contribution in [0.25, 0.3) is 0 Å². The molecule has 0 radical (unpaired) electrons. The number of nitrogens with one attached hydrogen (secondary N) is 2. The molecule has 0 aliphatic carbocycles. The highest BCUT2D eigenvalue weighted by molar-refractivity contribution is 7.80. The molecule has 0 saturated carbocycles. The molecule has 1 saturated heterocycles. The number of nitrogens with zero attached hydrogens (tertiary/aromatic N) is 2. The highest BCUT2D eigenvalue weighted by Gasteiger charge is 2.45. The molecule has 10 heteroatoms. The molecule has 1 atom stereocenters. The summed E-state index contributed by atoms with van der Waals surface area (Å²) < 4.78 is 27.4. The quantitative estimate of drug-likeness (QED) is 0.527. The fraction of sp³-hybridized carbons (Fsp3) is 0.0833. The fourth-order valence-corrected chi connectivity index (χ4v) is 3.80. The summed E-state index contributed by atoms with van der Waals surface area (Å²) in [5.41, 5.74) is 3.12. The first-order valence-corrected chi connectivity index (χ1v) is 10.6. The van der Waals surface area contributed by atoms with E-state index in [9.17, 15) is 23.2 Å². The number of rotatable bonds is 6. The van der Waals surface area contributed by atoms with Gasteiger partial charge in [-0.2, -0.15) is 0 Å². The second-order valence-corrected chi connectivity index (χ2v) is 7.72. The van der Waals surface area contributed by atoms with E-state index in [0.717, 1.165) is 22.0 Å². The van der Waals surface area contributed by atoms with Crippen LogP contribution in [-0.2, 0) is 9.59 Å². The van der Waals surface area contributed by atoms with Gasteiger partial charge in [0.1, 0.15) is 17.7 Å². The first kappa shape index (κ1) is 23.0. The van der Waals surface area contributed by atoms with Crippen molar-refractivity contribution in [2.75, 3.05) is 10.2 Å². The second-order valence-electron chi connectivity index (χ2n) is 7.36. The minimum atomic E-state index is -1.21. The summed E-state index contributed by atoms with van der Waals surface area (Å²) in [6.45, 7) is 0. The van der Waals surface area contributed by atoms with E-state index in [0.29, 0.717) is 5.56 Å². The summed E-state index contributed by atoms with van der Waals surface area (Å²) in [6, 6.07) is 17.7. The van der Waals surface area contributed by atoms with E-state index in [-0.39, 0.29) is 16.5 Å². The van der Waals surface area contributed by atoms with E-state index in [1.54, 1.807) is 36.4 Å². The smallest absolute Gasteiger partial charge is 0.269 e. The van der Waals surface area contributed by atoms with E-state index in [2.05, 4.69) is 10.7 Å². The lowest BCUT2D eigenvalue weighted by Crippen LogP contribution is -2.49. The van der Waals surface area contributed by atoms with Crippen molar-refractivity contribution < 1.29 is 23.2 Å². The van der Waals surface area contributed by atoms with E-state index >= 15 is 0 Å². The Labute approximate surface area is 198 Å². The van der Waals surface area contributed by atoms with E-state index in [4.69, 9.17) is 12.2 Å². The molecule has 172 valence electrons. The van der Waals surface area contributed by atoms with E-state index < -0.39 is 41.8 Å². The molecule has 1 unspecified atom stereocenters.